The van der Waals surface area contributed by atoms with Gasteiger partial charge in [-0.2, -0.15) is 18.2 Å². The van der Waals surface area contributed by atoms with Crippen molar-refractivity contribution in [2.24, 2.45) is 17.6 Å². The molecule has 0 bridgehead atoms. The molecule has 0 spiro atoms. The van der Waals surface area contributed by atoms with E-state index in [-0.39, 0.29) is 30.7 Å². The first-order valence-electron chi connectivity index (χ1n) is 11.3. The van der Waals surface area contributed by atoms with Gasteiger partial charge in [-0.15, -0.1) is 0 Å². The summed E-state index contributed by atoms with van der Waals surface area (Å²) in [7, 11) is 3.23. The number of hydrogen-bond acceptors (Lipinski definition) is 7. The largest absolute Gasteiger partial charge is 0.490 e. The first kappa shape index (κ1) is 29.4. The van der Waals surface area contributed by atoms with Crippen LogP contribution in [0.2, 0.25) is 0 Å². The number of hydrogen-bond donors (Lipinski definition) is 2. The van der Waals surface area contributed by atoms with E-state index in [1.54, 1.807) is 21.0 Å². The van der Waals surface area contributed by atoms with E-state index in [1.165, 1.54) is 4.90 Å². The highest BCUT2D eigenvalue weighted by Gasteiger charge is 2.46. The minimum atomic E-state index is -5.08. The highest BCUT2D eigenvalue weighted by Crippen LogP contribution is 2.40. The number of rotatable bonds is 5. The number of halogens is 5. The van der Waals surface area contributed by atoms with E-state index in [1.807, 2.05) is 0 Å². The van der Waals surface area contributed by atoms with Crippen molar-refractivity contribution in [2.45, 2.75) is 63.1 Å². The van der Waals surface area contributed by atoms with Crippen molar-refractivity contribution in [3.8, 4) is 0 Å². The van der Waals surface area contributed by atoms with Crippen LogP contribution in [0.25, 0.3) is 0 Å². The van der Waals surface area contributed by atoms with Crippen LogP contribution in [-0.4, -0.2) is 88.2 Å². The molecule has 1 aliphatic heterocycles. The van der Waals surface area contributed by atoms with Gasteiger partial charge in [-0.1, -0.05) is 5.16 Å². The van der Waals surface area contributed by atoms with Gasteiger partial charge >= 0.3 is 12.1 Å². The number of nitrogens with two attached hydrogens (primary N) is 1. The van der Waals surface area contributed by atoms with E-state index in [0.29, 0.717) is 24.6 Å². The van der Waals surface area contributed by atoms with Crippen LogP contribution in [0.5, 0.6) is 0 Å². The molecule has 10 nitrogen and oxygen atoms in total. The topological polar surface area (TPSA) is 143 Å². The number of amides is 2. The normalized spacial score (nSPS) is 23.3. The van der Waals surface area contributed by atoms with Crippen LogP contribution in [0.4, 0.5) is 22.0 Å². The molecule has 2 aliphatic rings. The lowest BCUT2D eigenvalue weighted by molar-refractivity contribution is -0.192. The quantitative estimate of drug-likeness (QED) is 0.555. The molecule has 1 saturated heterocycles. The fourth-order valence-electron chi connectivity index (χ4n) is 4.44. The smallest absolute Gasteiger partial charge is 0.475 e. The molecule has 204 valence electrons. The van der Waals surface area contributed by atoms with Gasteiger partial charge < -0.3 is 25.2 Å². The van der Waals surface area contributed by atoms with Crippen molar-refractivity contribution in [1.29, 1.82) is 0 Å². The molecule has 1 aliphatic carbocycles. The Morgan fingerprint density at radius 1 is 1.19 bits per heavy atom. The number of alkyl halides is 5. The third-order valence-electron chi connectivity index (χ3n) is 6.29. The van der Waals surface area contributed by atoms with Crippen LogP contribution >= 0.6 is 0 Å². The van der Waals surface area contributed by atoms with Crippen LogP contribution in [-0.2, 0) is 14.4 Å². The zero-order valence-corrected chi connectivity index (χ0v) is 20.1. The Labute approximate surface area is 204 Å². The lowest BCUT2D eigenvalue weighted by atomic mass is 9.72. The molecule has 0 unspecified atom stereocenters. The van der Waals surface area contributed by atoms with E-state index in [4.69, 9.17) is 20.2 Å². The number of aromatic nitrogens is 2. The van der Waals surface area contributed by atoms with Crippen LogP contribution in [0, 0.1) is 18.8 Å². The molecule has 0 aromatic carbocycles. The summed E-state index contributed by atoms with van der Waals surface area (Å²) < 4.78 is 64.1. The van der Waals surface area contributed by atoms with Crippen LogP contribution in [0.3, 0.4) is 0 Å². The minimum absolute atomic E-state index is 0.0360. The average Bonchev–Trinajstić information content (AvgIpc) is 3.38. The van der Waals surface area contributed by atoms with Crippen LogP contribution < -0.4 is 5.73 Å². The van der Waals surface area contributed by atoms with Gasteiger partial charge in [0.2, 0.25) is 17.7 Å². The molecule has 3 N–H and O–H groups in total. The number of carbonyl (C=O) groups excluding carboxylic acids is 2. The molecule has 1 aromatic rings. The predicted octanol–water partition coefficient (Wildman–Crippen LogP) is 2.18. The van der Waals surface area contributed by atoms with Gasteiger partial charge in [0.15, 0.2) is 5.82 Å². The Kier molecular flexibility index (Phi) is 9.37. The zero-order chi connectivity index (χ0) is 27.4. The summed E-state index contributed by atoms with van der Waals surface area (Å²) in [5.74, 6) is -6.01. The fourth-order valence-corrected chi connectivity index (χ4v) is 4.44. The van der Waals surface area contributed by atoms with E-state index < -0.39 is 42.5 Å². The molecule has 36 heavy (non-hydrogen) atoms. The molecule has 2 fully saturated rings. The molecule has 0 radical (unpaired) electrons. The summed E-state index contributed by atoms with van der Waals surface area (Å²) in [5, 5.41) is 11.0. The first-order valence-corrected chi connectivity index (χ1v) is 11.3. The minimum Gasteiger partial charge on any atom is -0.475 e. The molecule has 2 amide bonds. The molecule has 2 heterocycles. The SMILES string of the molecule is Cc1noc(C2CCC([C@H](C(=O)N(C)C)[C@H](N)C(=O)N3CCC(F)(F)C3)CC2)n1.O=C(O)C(F)(F)F. The lowest BCUT2D eigenvalue weighted by Gasteiger charge is -2.36. The maximum atomic E-state index is 13.5. The van der Waals surface area contributed by atoms with E-state index in [9.17, 15) is 31.5 Å². The molecule has 15 heteroatoms. The third kappa shape index (κ3) is 7.58. The summed E-state index contributed by atoms with van der Waals surface area (Å²) in [4.78, 5) is 41.4. The highest BCUT2D eigenvalue weighted by molar-refractivity contribution is 5.90. The Hall–Kier alpha value is -2.84. The Morgan fingerprint density at radius 2 is 1.75 bits per heavy atom. The monoisotopic (exact) mass is 527 g/mol. The summed E-state index contributed by atoms with van der Waals surface area (Å²) >= 11 is 0. The zero-order valence-electron chi connectivity index (χ0n) is 20.1. The van der Waals surface area contributed by atoms with Crippen molar-refractivity contribution < 1.29 is 46.0 Å². The van der Waals surface area contributed by atoms with Crippen LogP contribution in [0.1, 0.15) is 49.7 Å². The van der Waals surface area contributed by atoms with Gasteiger partial charge in [-0.25, -0.2) is 13.6 Å². The van der Waals surface area contributed by atoms with Crippen molar-refractivity contribution in [3.63, 3.8) is 0 Å². The third-order valence-corrected chi connectivity index (χ3v) is 6.29. The van der Waals surface area contributed by atoms with Gasteiger partial charge in [0.25, 0.3) is 5.92 Å². The lowest BCUT2D eigenvalue weighted by Crippen LogP contribution is -2.54. The summed E-state index contributed by atoms with van der Waals surface area (Å²) in [6.45, 7) is 1.09. The predicted molar refractivity (Wildman–Crippen MR) is 114 cm³/mol. The number of aliphatic carboxylic acids is 1. The first-order chi connectivity index (χ1) is 16.5. The molecular formula is C21H30F5N5O5. The van der Waals surface area contributed by atoms with Gasteiger partial charge in [-0.3, -0.25) is 9.59 Å². The second kappa shape index (κ2) is 11.5. The Bertz CT molecular complexity index is 930. The molecule has 1 saturated carbocycles. The van der Waals surface area contributed by atoms with Crippen molar-refractivity contribution in [2.75, 3.05) is 27.2 Å². The summed E-state index contributed by atoms with van der Waals surface area (Å²) in [6.07, 6.45) is -2.62. The molecule has 3 rings (SSSR count). The number of carboxylic acids is 1. The maximum absolute atomic E-state index is 13.5. The van der Waals surface area contributed by atoms with Gasteiger partial charge in [0.05, 0.1) is 18.5 Å². The number of aryl methyl sites for hydroxylation is 1. The second-order valence-corrected chi connectivity index (χ2v) is 9.24. The van der Waals surface area contributed by atoms with Gasteiger partial charge in [0, 0.05) is 33.0 Å². The van der Waals surface area contributed by atoms with Crippen molar-refractivity contribution in [3.05, 3.63) is 11.7 Å². The Balaban J connectivity index is 0.000000572. The number of carboxylic acid groups (broad SMARTS) is 1. The van der Waals surface area contributed by atoms with Crippen molar-refractivity contribution >= 4 is 17.8 Å². The number of likely N-dealkylation sites (tertiary alicyclic amines) is 1. The van der Waals surface area contributed by atoms with Crippen LogP contribution in [0.15, 0.2) is 4.52 Å². The standard InChI is InChI=1S/C19H29F2N5O3.C2HF3O2/c1-11-23-16(29-24-11)13-6-4-12(5-7-13)14(17(27)25(2)3)15(22)18(28)26-9-8-19(20,21)10-26;3-2(4,5)1(6)7/h12-15H,4-10,22H2,1-3H3;(H,6,7)/t12?,13?,14-,15-;/m0./s1. The summed E-state index contributed by atoms with van der Waals surface area (Å²) in [6, 6.07) is -1.13. The fraction of sp³-hybridized carbons (Fsp3) is 0.762. The van der Waals surface area contributed by atoms with Gasteiger partial charge in [0.1, 0.15) is 0 Å². The summed E-state index contributed by atoms with van der Waals surface area (Å²) in [5.41, 5.74) is 6.22. The number of nitrogens with zero attached hydrogens (tertiary/aromatic N) is 4. The maximum Gasteiger partial charge on any atom is 0.490 e. The van der Waals surface area contributed by atoms with E-state index >= 15 is 0 Å². The van der Waals surface area contributed by atoms with Crippen molar-refractivity contribution in [1.82, 2.24) is 19.9 Å². The average molecular weight is 527 g/mol. The molecule has 1 aromatic heterocycles. The van der Waals surface area contributed by atoms with Gasteiger partial charge in [-0.05, 0) is 38.5 Å². The van der Waals surface area contributed by atoms with E-state index in [0.717, 1.165) is 17.7 Å². The molecule has 2 atom stereocenters. The molecular weight excluding hydrogens is 497 g/mol. The highest BCUT2D eigenvalue weighted by atomic mass is 19.4. The second-order valence-electron chi connectivity index (χ2n) is 9.24. The van der Waals surface area contributed by atoms with E-state index in [2.05, 4.69) is 10.1 Å². The number of carbonyl (C=O) groups is 3. The Morgan fingerprint density at radius 3 is 2.14 bits per heavy atom.